The number of rotatable bonds is 7. The molecule has 0 atom stereocenters. The molecule has 0 aliphatic carbocycles. The first-order valence-corrected chi connectivity index (χ1v) is 8.84. The van der Waals surface area contributed by atoms with Crippen molar-refractivity contribution in [2.24, 2.45) is 0 Å². The lowest BCUT2D eigenvalue weighted by Gasteiger charge is -2.08. The maximum atomic E-state index is 12.2. The van der Waals surface area contributed by atoms with E-state index < -0.39 is 0 Å². The number of nitrogens with zero attached hydrogens (tertiary/aromatic N) is 2. The average molecular weight is 376 g/mol. The van der Waals surface area contributed by atoms with Crippen LogP contribution in [0.2, 0.25) is 0 Å². The van der Waals surface area contributed by atoms with Gasteiger partial charge < -0.3 is 15.4 Å². The number of carbonyl (C=O) groups excluding carboxylic acids is 2. The minimum atomic E-state index is -0.350. The van der Waals surface area contributed by atoms with Gasteiger partial charge in [0.25, 0.3) is 5.91 Å². The number of amides is 1. The van der Waals surface area contributed by atoms with Crippen LogP contribution in [0, 0.1) is 0 Å². The summed E-state index contributed by atoms with van der Waals surface area (Å²) in [6, 6.07) is 15.9. The van der Waals surface area contributed by atoms with Crippen molar-refractivity contribution >= 4 is 23.3 Å². The summed E-state index contributed by atoms with van der Waals surface area (Å²) < 4.78 is 4.96. The molecule has 0 unspecified atom stereocenters. The molecule has 7 heteroatoms. The molecule has 2 aromatic heterocycles. The number of anilines is 2. The first kappa shape index (κ1) is 19.0. The van der Waals surface area contributed by atoms with Gasteiger partial charge in [0, 0.05) is 11.9 Å². The van der Waals surface area contributed by atoms with Gasteiger partial charge in [0.15, 0.2) is 0 Å². The molecule has 2 N–H and O–H groups in total. The fourth-order valence-corrected chi connectivity index (χ4v) is 2.44. The van der Waals surface area contributed by atoms with E-state index in [1.807, 2.05) is 18.2 Å². The normalized spacial score (nSPS) is 10.2. The minimum Gasteiger partial charge on any atom is -0.462 e. The Morgan fingerprint density at radius 3 is 2.39 bits per heavy atom. The molecule has 1 amide bonds. The largest absolute Gasteiger partial charge is 0.462 e. The van der Waals surface area contributed by atoms with Crippen molar-refractivity contribution in [1.29, 1.82) is 0 Å². The van der Waals surface area contributed by atoms with E-state index in [1.54, 1.807) is 55.7 Å². The minimum absolute atomic E-state index is 0.268. The summed E-state index contributed by atoms with van der Waals surface area (Å²) in [5.74, 6) is -0.618. The van der Waals surface area contributed by atoms with Gasteiger partial charge >= 0.3 is 5.97 Å². The van der Waals surface area contributed by atoms with E-state index in [4.69, 9.17) is 4.74 Å². The van der Waals surface area contributed by atoms with E-state index in [0.717, 1.165) is 17.1 Å². The summed E-state index contributed by atoms with van der Waals surface area (Å²) in [7, 11) is 0. The second-order valence-electron chi connectivity index (χ2n) is 5.86. The Bertz CT molecular complexity index is 926. The molecular formula is C21H20N4O3. The number of esters is 1. The molecule has 142 valence electrons. The topological polar surface area (TPSA) is 93.2 Å². The number of hydrogen-bond acceptors (Lipinski definition) is 6. The number of pyridine rings is 2. The highest BCUT2D eigenvalue weighted by Gasteiger charge is 2.08. The molecule has 0 bridgehead atoms. The molecule has 0 aliphatic heterocycles. The van der Waals surface area contributed by atoms with Crippen molar-refractivity contribution in [3.05, 3.63) is 83.9 Å². The zero-order valence-electron chi connectivity index (χ0n) is 15.4. The highest BCUT2D eigenvalue weighted by atomic mass is 16.5. The summed E-state index contributed by atoms with van der Waals surface area (Å²) >= 11 is 0. The summed E-state index contributed by atoms with van der Waals surface area (Å²) in [6.45, 7) is 2.45. The molecule has 3 rings (SSSR count). The summed E-state index contributed by atoms with van der Waals surface area (Å²) in [6.07, 6.45) is 3.26. The van der Waals surface area contributed by atoms with Crippen LogP contribution in [0.25, 0.3) is 0 Å². The lowest BCUT2D eigenvalue weighted by atomic mass is 10.2. The van der Waals surface area contributed by atoms with Crippen LogP contribution < -0.4 is 10.6 Å². The molecule has 0 radical (unpaired) electrons. The van der Waals surface area contributed by atoms with E-state index in [1.165, 1.54) is 0 Å². The maximum Gasteiger partial charge on any atom is 0.338 e. The first-order chi connectivity index (χ1) is 13.7. The zero-order valence-corrected chi connectivity index (χ0v) is 15.4. The van der Waals surface area contributed by atoms with Crippen molar-refractivity contribution in [3.8, 4) is 0 Å². The number of nitrogens with one attached hydrogen (secondary N) is 2. The Morgan fingerprint density at radius 2 is 1.75 bits per heavy atom. The van der Waals surface area contributed by atoms with Gasteiger partial charge in [0.05, 0.1) is 36.3 Å². The fraction of sp³-hybridized carbons (Fsp3) is 0.143. The van der Waals surface area contributed by atoms with Gasteiger partial charge in [-0.05, 0) is 55.5 Å². The van der Waals surface area contributed by atoms with Gasteiger partial charge in [-0.3, -0.25) is 9.78 Å². The first-order valence-electron chi connectivity index (χ1n) is 8.84. The Morgan fingerprint density at radius 1 is 0.964 bits per heavy atom. The van der Waals surface area contributed by atoms with Gasteiger partial charge in [-0.2, -0.15) is 0 Å². The highest BCUT2D eigenvalue weighted by molar-refractivity contribution is 5.92. The molecular weight excluding hydrogens is 356 g/mol. The molecule has 28 heavy (non-hydrogen) atoms. The summed E-state index contributed by atoms with van der Waals surface area (Å²) in [4.78, 5) is 32.2. The predicted molar refractivity (Wildman–Crippen MR) is 105 cm³/mol. The van der Waals surface area contributed by atoms with Crippen molar-refractivity contribution in [1.82, 2.24) is 15.3 Å². The Hall–Kier alpha value is -3.74. The van der Waals surface area contributed by atoms with Gasteiger partial charge in [0.2, 0.25) is 0 Å². The van der Waals surface area contributed by atoms with Gasteiger partial charge in [-0.15, -0.1) is 0 Å². The van der Waals surface area contributed by atoms with Crippen LogP contribution in [-0.4, -0.2) is 28.5 Å². The Labute approximate surface area is 162 Å². The van der Waals surface area contributed by atoms with Crippen LogP contribution in [-0.2, 0) is 11.3 Å². The van der Waals surface area contributed by atoms with Crippen molar-refractivity contribution in [2.75, 3.05) is 11.9 Å². The number of carbonyl (C=O) groups is 2. The number of aromatic nitrogens is 2. The molecule has 0 fully saturated rings. The van der Waals surface area contributed by atoms with Crippen LogP contribution in [0.3, 0.4) is 0 Å². The third-order valence-electron chi connectivity index (χ3n) is 3.84. The number of benzene rings is 1. The SMILES string of the molecule is CCOC(=O)c1ccc(Nc2ccc(C(=O)NCc3ccccn3)nc2)cc1. The molecule has 2 heterocycles. The van der Waals surface area contributed by atoms with Crippen LogP contribution in [0.5, 0.6) is 0 Å². The van der Waals surface area contributed by atoms with Gasteiger partial charge in [-0.25, -0.2) is 9.78 Å². The molecule has 0 saturated carbocycles. The monoisotopic (exact) mass is 376 g/mol. The highest BCUT2D eigenvalue weighted by Crippen LogP contribution is 2.17. The van der Waals surface area contributed by atoms with E-state index in [2.05, 4.69) is 20.6 Å². The smallest absolute Gasteiger partial charge is 0.338 e. The third-order valence-corrected chi connectivity index (χ3v) is 3.84. The predicted octanol–water partition coefficient (Wildman–Crippen LogP) is 3.33. The molecule has 3 aromatic rings. The fourth-order valence-electron chi connectivity index (χ4n) is 2.44. The van der Waals surface area contributed by atoms with Gasteiger partial charge in [-0.1, -0.05) is 6.07 Å². The molecule has 0 aliphatic rings. The Kier molecular flexibility index (Phi) is 6.30. The standard InChI is InChI=1S/C21H20N4O3/c1-2-28-21(27)15-6-8-16(9-7-15)25-18-10-11-19(23-14-18)20(26)24-13-17-5-3-4-12-22-17/h3-12,14,25H,2,13H2,1H3,(H,24,26). The average Bonchev–Trinajstić information content (AvgIpc) is 2.74. The van der Waals surface area contributed by atoms with E-state index in [9.17, 15) is 9.59 Å². The maximum absolute atomic E-state index is 12.2. The van der Waals surface area contributed by atoms with E-state index in [-0.39, 0.29) is 11.9 Å². The van der Waals surface area contributed by atoms with Crippen molar-refractivity contribution < 1.29 is 14.3 Å². The van der Waals surface area contributed by atoms with Crippen molar-refractivity contribution in [2.45, 2.75) is 13.5 Å². The molecule has 0 saturated heterocycles. The van der Waals surface area contributed by atoms with Gasteiger partial charge in [0.1, 0.15) is 5.69 Å². The number of ether oxygens (including phenoxy) is 1. The second-order valence-corrected chi connectivity index (χ2v) is 5.86. The van der Waals surface area contributed by atoms with Crippen molar-refractivity contribution in [3.63, 3.8) is 0 Å². The lowest BCUT2D eigenvalue weighted by molar-refractivity contribution is 0.0526. The zero-order chi connectivity index (χ0) is 19.8. The molecule has 0 spiro atoms. The van der Waals surface area contributed by atoms with E-state index >= 15 is 0 Å². The summed E-state index contributed by atoms with van der Waals surface area (Å²) in [5, 5.41) is 5.95. The van der Waals surface area contributed by atoms with Crippen LogP contribution >= 0.6 is 0 Å². The Balaban J connectivity index is 1.56. The van der Waals surface area contributed by atoms with Crippen LogP contribution in [0.4, 0.5) is 11.4 Å². The van der Waals surface area contributed by atoms with Crippen LogP contribution in [0.15, 0.2) is 67.0 Å². The summed E-state index contributed by atoms with van der Waals surface area (Å²) in [5.41, 5.74) is 3.11. The molecule has 1 aromatic carbocycles. The second kappa shape index (κ2) is 9.27. The third kappa shape index (κ3) is 5.14. The lowest BCUT2D eigenvalue weighted by Crippen LogP contribution is -2.24. The molecule has 7 nitrogen and oxygen atoms in total. The quantitative estimate of drug-likeness (QED) is 0.615. The number of hydrogen-bond donors (Lipinski definition) is 2. The van der Waals surface area contributed by atoms with Crippen LogP contribution in [0.1, 0.15) is 33.5 Å². The van der Waals surface area contributed by atoms with E-state index in [0.29, 0.717) is 24.4 Å².